The van der Waals surface area contributed by atoms with Gasteiger partial charge < -0.3 is 14.8 Å². The number of amides is 1. The van der Waals surface area contributed by atoms with Crippen LogP contribution in [0.15, 0.2) is 23.0 Å². The first-order chi connectivity index (χ1) is 14.0. The van der Waals surface area contributed by atoms with Crippen LogP contribution in [0.2, 0.25) is 0 Å². The van der Waals surface area contributed by atoms with E-state index in [-0.39, 0.29) is 17.7 Å². The van der Waals surface area contributed by atoms with Crippen LogP contribution in [0.3, 0.4) is 0 Å². The molecule has 3 rings (SSSR count). The summed E-state index contributed by atoms with van der Waals surface area (Å²) in [5.74, 6) is -1.21. The largest absolute Gasteiger partial charge is 0.468 e. The molecule has 1 aromatic heterocycles. The van der Waals surface area contributed by atoms with E-state index in [9.17, 15) is 19.2 Å². The van der Waals surface area contributed by atoms with Crippen LogP contribution < -0.4 is 10.9 Å². The number of carbonyl (C=O) groups is 3. The number of nitrogens with zero attached hydrogens (tertiary/aromatic N) is 2. The van der Waals surface area contributed by atoms with Gasteiger partial charge in [0, 0.05) is 13.0 Å². The molecule has 154 valence electrons. The fourth-order valence-electron chi connectivity index (χ4n) is 3.23. The molecule has 29 heavy (non-hydrogen) atoms. The van der Waals surface area contributed by atoms with Gasteiger partial charge in [0.1, 0.15) is 12.4 Å². The molecule has 9 nitrogen and oxygen atoms in total. The molecule has 0 atom stereocenters. The predicted octanol–water partition coefficient (Wildman–Crippen LogP) is 0.959. The normalized spacial score (nSPS) is 13.7. The second-order valence-corrected chi connectivity index (χ2v) is 6.81. The van der Waals surface area contributed by atoms with Crippen LogP contribution in [0.25, 0.3) is 10.9 Å². The molecule has 0 unspecified atom stereocenters. The molecule has 1 aliphatic rings. The van der Waals surface area contributed by atoms with Crippen molar-refractivity contribution in [2.45, 2.75) is 38.6 Å². The summed E-state index contributed by atoms with van der Waals surface area (Å²) in [6.45, 7) is -0.183. The lowest BCUT2D eigenvalue weighted by Crippen LogP contribution is -2.33. The van der Waals surface area contributed by atoms with Crippen molar-refractivity contribution < 1.29 is 23.9 Å². The van der Waals surface area contributed by atoms with E-state index in [1.54, 1.807) is 10.6 Å². The smallest absolute Gasteiger partial charge is 0.338 e. The molecule has 1 N–H and O–H groups in total. The molecular weight excluding hydrogens is 378 g/mol. The number of methoxy groups -OCH3 is 1. The summed E-state index contributed by atoms with van der Waals surface area (Å²) in [6, 6.07) is 4.55. The Kier molecular flexibility index (Phi) is 6.58. The zero-order valence-electron chi connectivity index (χ0n) is 16.2. The first-order valence-electron chi connectivity index (χ1n) is 9.53. The van der Waals surface area contributed by atoms with Crippen molar-refractivity contribution >= 4 is 28.7 Å². The summed E-state index contributed by atoms with van der Waals surface area (Å²) < 4.78 is 11.1. The highest BCUT2D eigenvalue weighted by atomic mass is 16.5. The van der Waals surface area contributed by atoms with E-state index < -0.39 is 24.5 Å². The fourth-order valence-corrected chi connectivity index (χ4v) is 3.23. The standard InChI is InChI=1S/C20H23N3O6/c1-28-18(25)11-21-17(24)12-29-20(27)13-7-8-14-15(10-13)22-16-6-4-2-3-5-9-23(16)19(14)26/h7-8,10H,2-6,9,11-12H2,1H3,(H,21,24). The third-order valence-electron chi connectivity index (χ3n) is 4.79. The van der Waals surface area contributed by atoms with Gasteiger partial charge in [0.05, 0.1) is 23.6 Å². The molecule has 0 bridgehead atoms. The molecule has 0 saturated heterocycles. The molecule has 2 aromatic rings. The summed E-state index contributed by atoms with van der Waals surface area (Å²) in [4.78, 5) is 52.3. The van der Waals surface area contributed by atoms with Gasteiger partial charge in [-0.2, -0.15) is 0 Å². The maximum atomic E-state index is 12.8. The minimum Gasteiger partial charge on any atom is -0.468 e. The number of ether oxygens (including phenoxy) is 2. The second kappa shape index (κ2) is 9.31. The number of nitrogens with one attached hydrogen (secondary N) is 1. The number of hydrogen-bond acceptors (Lipinski definition) is 7. The zero-order valence-corrected chi connectivity index (χ0v) is 16.2. The molecule has 1 amide bonds. The van der Waals surface area contributed by atoms with Crippen molar-refractivity contribution in [3.8, 4) is 0 Å². The van der Waals surface area contributed by atoms with Crippen LogP contribution in [-0.4, -0.2) is 47.7 Å². The Balaban J connectivity index is 1.74. The zero-order chi connectivity index (χ0) is 20.8. The van der Waals surface area contributed by atoms with Gasteiger partial charge in [-0.15, -0.1) is 0 Å². The van der Waals surface area contributed by atoms with Crippen LogP contribution >= 0.6 is 0 Å². The molecule has 0 fully saturated rings. The van der Waals surface area contributed by atoms with E-state index in [2.05, 4.69) is 15.0 Å². The Morgan fingerprint density at radius 1 is 1.17 bits per heavy atom. The molecule has 1 aromatic carbocycles. The van der Waals surface area contributed by atoms with Crippen LogP contribution in [-0.2, 0) is 32.0 Å². The summed E-state index contributed by atoms with van der Waals surface area (Å²) in [7, 11) is 1.20. The lowest BCUT2D eigenvalue weighted by atomic mass is 10.1. The second-order valence-electron chi connectivity index (χ2n) is 6.81. The topological polar surface area (TPSA) is 117 Å². The number of fused-ring (bicyclic) bond motifs is 2. The van der Waals surface area contributed by atoms with E-state index in [1.165, 1.54) is 19.2 Å². The fraction of sp³-hybridized carbons (Fsp3) is 0.450. The summed E-state index contributed by atoms with van der Waals surface area (Å²) in [5, 5.41) is 2.72. The molecule has 0 saturated carbocycles. The average molecular weight is 401 g/mol. The third kappa shape index (κ3) is 4.98. The first-order valence-corrected chi connectivity index (χ1v) is 9.53. The first kappa shape index (κ1) is 20.5. The number of esters is 2. The van der Waals surface area contributed by atoms with Crippen molar-refractivity contribution in [1.29, 1.82) is 0 Å². The van der Waals surface area contributed by atoms with Crippen molar-refractivity contribution in [3.05, 3.63) is 39.9 Å². The van der Waals surface area contributed by atoms with Crippen LogP contribution in [0.1, 0.15) is 41.9 Å². The van der Waals surface area contributed by atoms with Gasteiger partial charge in [-0.05, 0) is 31.0 Å². The summed E-state index contributed by atoms with van der Waals surface area (Å²) in [5.41, 5.74) is 0.529. The van der Waals surface area contributed by atoms with Gasteiger partial charge in [-0.25, -0.2) is 9.78 Å². The van der Waals surface area contributed by atoms with Gasteiger partial charge in [-0.1, -0.05) is 12.8 Å². The Morgan fingerprint density at radius 3 is 2.76 bits per heavy atom. The lowest BCUT2D eigenvalue weighted by molar-refractivity contribution is -0.141. The monoisotopic (exact) mass is 401 g/mol. The van der Waals surface area contributed by atoms with Gasteiger partial charge in [-0.3, -0.25) is 19.0 Å². The van der Waals surface area contributed by atoms with Gasteiger partial charge in [0.15, 0.2) is 6.61 Å². The Bertz CT molecular complexity index is 998. The van der Waals surface area contributed by atoms with E-state index in [4.69, 9.17) is 4.74 Å². The van der Waals surface area contributed by atoms with Crippen LogP contribution in [0.4, 0.5) is 0 Å². The number of benzene rings is 1. The van der Waals surface area contributed by atoms with E-state index in [0.29, 0.717) is 17.4 Å². The van der Waals surface area contributed by atoms with E-state index in [1.807, 2.05) is 0 Å². The van der Waals surface area contributed by atoms with Gasteiger partial charge in [0.25, 0.3) is 11.5 Å². The Labute approximate surface area is 167 Å². The summed E-state index contributed by atoms with van der Waals surface area (Å²) in [6.07, 6.45) is 4.85. The SMILES string of the molecule is COC(=O)CNC(=O)COC(=O)c1ccc2c(=O)n3c(nc2c1)CCCCCC3. The Morgan fingerprint density at radius 2 is 1.97 bits per heavy atom. The highest BCUT2D eigenvalue weighted by Gasteiger charge is 2.16. The number of carbonyl (C=O) groups excluding carboxylic acids is 3. The van der Waals surface area contributed by atoms with Crippen LogP contribution in [0.5, 0.6) is 0 Å². The maximum absolute atomic E-state index is 12.8. The minimum absolute atomic E-state index is 0.103. The highest BCUT2D eigenvalue weighted by molar-refractivity contribution is 5.95. The third-order valence-corrected chi connectivity index (χ3v) is 4.79. The number of aryl methyl sites for hydroxylation is 1. The number of hydrogen-bond donors (Lipinski definition) is 1. The lowest BCUT2D eigenvalue weighted by Gasteiger charge is -2.16. The van der Waals surface area contributed by atoms with Crippen molar-refractivity contribution in [1.82, 2.24) is 14.9 Å². The number of aromatic nitrogens is 2. The summed E-state index contributed by atoms with van der Waals surface area (Å²) >= 11 is 0. The molecular formula is C20H23N3O6. The maximum Gasteiger partial charge on any atom is 0.338 e. The number of rotatable bonds is 5. The van der Waals surface area contributed by atoms with Crippen molar-refractivity contribution in [2.24, 2.45) is 0 Å². The molecule has 0 spiro atoms. The predicted molar refractivity (Wildman–Crippen MR) is 103 cm³/mol. The van der Waals surface area contributed by atoms with Crippen molar-refractivity contribution in [2.75, 3.05) is 20.3 Å². The highest BCUT2D eigenvalue weighted by Crippen LogP contribution is 2.16. The molecule has 2 heterocycles. The molecule has 0 radical (unpaired) electrons. The molecule has 1 aliphatic heterocycles. The molecule has 0 aliphatic carbocycles. The van der Waals surface area contributed by atoms with E-state index in [0.717, 1.165) is 37.9 Å². The van der Waals surface area contributed by atoms with Gasteiger partial charge in [0.2, 0.25) is 0 Å². The quantitative estimate of drug-likeness (QED) is 0.742. The van der Waals surface area contributed by atoms with Gasteiger partial charge >= 0.3 is 11.9 Å². The van der Waals surface area contributed by atoms with E-state index >= 15 is 0 Å². The average Bonchev–Trinajstić information content (AvgIpc) is 2.71. The minimum atomic E-state index is -0.714. The van der Waals surface area contributed by atoms with Crippen LogP contribution in [0, 0.1) is 0 Å². The molecule has 9 heteroatoms. The Hall–Kier alpha value is -3.23. The van der Waals surface area contributed by atoms with Crippen molar-refractivity contribution in [3.63, 3.8) is 0 Å².